The summed E-state index contributed by atoms with van der Waals surface area (Å²) in [5.74, 6) is 0.780. The first-order valence-corrected chi connectivity index (χ1v) is 5.09. The van der Waals surface area contributed by atoms with Gasteiger partial charge in [-0.25, -0.2) is 0 Å². The summed E-state index contributed by atoms with van der Waals surface area (Å²) in [5, 5.41) is 0.626. The topological polar surface area (TPSA) is 38.4 Å². The Bertz CT molecular complexity index is 171. The molecule has 0 rings (SSSR count). The molecule has 0 unspecified atom stereocenters. The van der Waals surface area contributed by atoms with Crippen LogP contribution in [0, 0.1) is 0 Å². The summed E-state index contributed by atoms with van der Waals surface area (Å²) in [6.07, 6.45) is 0. The Labute approximate surface area is 92.6 Å². The zero-order valence-corrected chi connectivity index (χ0v) is 10.4. The predicted molar refractivity (Wildman–Crippen MR) is 64.5 cm³/mol. The molecule has 0 bridgehead atoms. The molecule has 2 N–H and O–H groups in total. The summed E-state index contributed by atoms with van der Waals surface area (Å²) in [5.41, 5.74) is 5.57. The van der Waals surface area contributed by atoms with Gasteiger partial charge in [0.15, 0.2) is 5.17 Å². The number of hydrogen-bond donors (Lipinski definition) is 1. The number of nitrogens with two attached hydrogens (primary N) is 1. The SMILES string of the molecule is C=C(Br)CSC(N)=NC(C)C.Cl. The van der Waals surface area contributed by atoms with Crippen LogP contribution in [0.15, 0.2) is 16.1 Å². The van der Waals surface area contributed by atoms with E-state index in [4.69, 9.17) is 5.73 Å². The van der Waals surface area contributed by atoms with Gasteiger partial charge in [-0.2, -0.15) is 0 Å². The van der Waals surface area contributed by atoms with Crippen LogP contribution < -0.4 is 5.73 Å². The van der Waals surface area contributed by atoms with Gasteiger partial charge in [-0.3, -0.25) is 4.99 Å². The lowest BCUT2D eigenvalue weighted by molar-refractivity contribution is 0.838. The molecule has 0 radical (unpaired) electrons. The minimum Gasteiger partial charge on any atom is -0.379 e. The Balaban J connectivity index is 0. The minimum absolute atomic E-state index is 0. The molecule has 0 saturated carbocycles. The van der Waals surface area contributed by atoms with E-state index in [9.17, 15) is 0 Å². The number of hydrogen-bond acceptors (Lipinski definition) is 2. The fourth-order valence-electron chi connectivity index (χ4n) is 0.444. The third-order valence-corrected chi connectivity index (χ3v) is 2.31. The highest BCUT2D eigenvalue weighted by Crippen LogP contribution is 2.11. The standard InChI is InChI=1S/C7H13BrN2S.ClH/c1-5(2)10-7(9)11-4-6(3)8;/h5H,3-4H2,1-2H3,(H2,9,10);1H. The Hall–Kier alpha value is 0.330. The van der Waals surface area contributed by atoms with Crippen molar-refractivity contribution >= 4 is 45.3 Å². The monoisotopic (exact) mass is 272 g/mol. The van der Waals surface area contributed by atoms with Crippen LogP contribution >= 0.6 is 40.1 Å². The highest BCUT2D eigenvalue weighted by atomic mass is 79.9. The van der Waals surface area contributed by atoms with Crippen LogP contribution in [0.3, 0.4) is 0 Å². The smallest absolute Gasteiger partial charge is 0.154 e. The van der Waals surface area contributed by atoms with Crippen molar-refractivity contribution < 1.29 is 0 Å². The Morgan fingerprint density at radius 3 is 2.50 bits per heavy atom. The summed E-state index contributed by atoms with van der Waals surface area (Å²) in [4.78, 5) is 4.14. The summed E-state index contributed by atoms with van der Waals surface area (Å²) in [6, 6.07) is 0.270. The average molecular weight is 274 g/mol. The predicted octanol–water partition coefficient (Wildman–Crippen LogP) is 2.77. The van der Waals surface area contributed by atoms with E-state index in [1.54, 1.807) is 0 Å². The fourth-order valence-corrected chi connectivity index (χ4v) is 1.38. The first-order valence-electron chi connectivity index (χ1n) is 3.31. The summed E-state index contributed by atoms with van der Waals surface area (Å²) < 4.78 is 0.935. The van der Waals surface area contributed by atoms with Gasteiger partial charge in [-0.1, -0.05) is 34.3 Å². The van der Waals surface area contributed by atoms with E-state index >= 15 is 0 Å². The van der Waals surface area contributed by atoms with E-state index in [2.05, 4.69) is 27.5 Å². The van der Waals surface area contributed by atoms with Crippen molar-refractivity contribution in [1.82, 2.24) is 0 Å². The van der Waals surface area contributed by atoms with E-state index in [0.717, 1.165) is 10.2 Å². The molecule has 0 aromatic carbocycles. The van der Waals surface area contributed by atoms with Crippen LogP contribution in [0.4, 0.5) is 0 Å². The van der Waals surface area contributed by atoms with Gasteiger partial charge in [0.1, 0.15) is 0 Å². The highest BCUT2D eigenvalue weighted by Gasteiger charge is 1.95. The molecular formula is C7H14BrClN2S. The Morgan fingerprint density at radius 1 is 1.67 bits per heavy atom. The molecule has 0 heterocycles. The molecule has 0 atom stereocenters. The summed E-state index contributed by atoms with van der Waals surface area (Å²) >= 11 is 4.74. The van der Waals surface area contributed by atoms with Gasteiger partial charge in [-0.05, 0) is 18.3 Å². The van der Waals surface area contributed by atoms with Crippen LogP contribution in [0.2, 0.25) is 0 Å². The maximum absolute atomic E-state index is 5.57. The van der Waals surface area contributed by atoms with E-state index < -0.39 is 0 Å². The van der Waals surface area contributed by atoms with Crippen LogP contribution in [-0.4, -0.2) is 17.0 Å². The Kier molecular flexibility index (Phi) is 9.83. The van der Waals surface area contributed by atoms with Crippen LogP contribution in [0.25, 0.3) is 0 Å². The van der Waals surface area contributed by atoms with Gasteiger partial charge in [0.2, 0.25) is 0 Å². The number of halogens is 2. The van der Waals surface area contributed by atoms with Gasteiger partial charge in [0.05, 0.1) is 0 Å². The molecule has 0 amide bonds. The third kappa shape index (κ3) is 10.3. The van der Waals surface area contributed by atoms with Gasteiger partial charge >= 0.3 is 0 Å². The molecule has 5 heteroatoms. The van der Waals surface area contributed by atoms with Crippen LogP contribution in [-0.2, 0) is 0 Å². The van der Waals surface area contributed by atoms with Crippen molar-refractivity contribution in [1.29, 1.82) is 0 Å². The maximum Gasteiger partial charge on any atom is 0.154 e. The number of thioether (sulfide) groups is 1. The first-order chi connectivity index (χ1) is 5.02. The summed E-state index contributed by atoms with van der Waals surface area (Å²) in [6.45, 7) is 7.68. The molecule has 12 heavy (non-hydrogen) atoms. The average Bonchev–Trinajstić information content (AvgIpc) is 1.82. The molecule has 0 spiro atoms. The zero-order chi connectivity index (χ0) is 8.85. The highest BCUT2D eigenvalue weighted by molar-refractivity contribution is 9.11. The van der Waals surface area contributed by atoms with Crippen molar-refractivity contribution in [3.8, 4) is 0 Å². The lowest BCUT2D eigenvalue weighted by Crippen LogP contribution is -2.10. The lowest BCUT2D eigenvalue weighted by atomic mass is 10.4. The Morgan fingerprint density at radius 2 is 2.17 bits per heavy atom. The molecule has 0 aliphatic carbocycles. The largest absolute Gasteiger partial charge is 0.379 e. The second-order valence-electron chi connectivity index (χ2n) is 2.37. The molecule has 2 nitrogen and oxygen atoms in total. The van der Waals surface area contributed by atoms with Gasteiger partial charge in [0.25, 0.3) is 0 Å². The fraction of sp³-hybridized carbons (Fsp3) is 0.571. The first kappa shape index (κ1) is 14.8. The van der Waals surface area contributed by atoms with Crippen molar-refractivity contribution in [3.63, 3.8) is 0 Å². The minimum atomic E-state index is 0. The van der Waals surface area contributed by atoms with Crippen molar-refractivity contribution in [3.05, 3.63) is 11.1 Å². The van der Waals surface area contributed by atoms with Gasteiger partial charge < -0.3 is 5.73 Å². The molecule has 0 aromatic heterocycles. The number of rotatable bonds is 3. The van der Waals surface area contributed by atoms with E-state index in [0.29, 0.717) is 5.17 Å². The molecule has 0 fully saturated rings. The second kappa shape index (κ2) is 7.95. The van der Waals surface area contributed by atoms with E-state index in [1.807, 2.05) is 13.8 Å². The molecule has 0 aliphatic rings. The van der Waals surface area contributed by atoms with Crippen LogP contribution in [0.5, 0.6) is 0 Å². The third-order valence-electron chi connectivity index (χ3n) is 0.762. The lowest BCUT2D eigenvalue weighted by Gasteiger charge is -2.00. The van der Waals surface area contributed by atoms with Crippen LogP contribution in [0.1, 0.15) is 13.8 Å². The number of nitrogens with zero attached hydrogens (tertiary/aromatic N) is 1. The van der Waals surface area contributed by atoms with Crippen molar-refractivity contribution in [2.75, 3.05) is 5.75 Å². The molecule has 72 valence electrons. The normalized spacial score (nSPS) is 11.2. The molecule has 0 aliphatic heterocycles. The van der Waals surface area contributed by atoms with Gasteiger partial charge in [0, 0.05) is 11.8 Å². The van der Waals surface area contributed by atoms with Gasteiger partial charge in [-0.15, -0.1) is 12.4 Å². The molecular weight excluding hydrogens is 260 g/mol. The quantitative estimate of drug-likeness (QED) is 0.634. The van der Waals surface area contributed by atoms with E-state index in [-0.39, 0.29) is 18.4 Å². The summed E-state index contributed by atoms with van der Waals surface area (Å²) in [7, 11) is 0. The zero-order valence-electron chi connectivity index (χ0n) is 7.21. The molecule has 0 aromatic rings. The number of aliphatic imine (C=N–C) groups is 1. The van der Waals surface area contributed by atoms with E-state index in [1.165, 1.54) is 11.8 Å². The second-order valence-corrected chi connectivity index (χ2v) is 4.48. The van der Waals surface area contributed by atoms with Crippen molar-refractivity contribution in [2.24, 2.45) is 10.7 Å². The molecule has 0 saturated heterocycles. The van der Waals surface area contributed by atoms with Crippen molar-refractivity contribution in [2.45, 2.75) is 19.9 Å². The number of amidine groups is 1. The maximum atomic E-state index is 5.57.